The summed E-state index contributed by atoms with van der Waals surface area (Å²) in [4.78, 5) is 32.9. The average Bonchev–Trinajstić information content (AvgIpc) is 3.64. The van der Waals surface area contributed by atoms with Crippen molar-refractivity contribution in [3.63, 3.8) is 0 Å². The number of ether oxygens (including phenoxy) is 3. The molecule has 0 bridgehead atoms. The summed E-state index contributed by atoms with van der Waals surface area (Å²) < 4.78 is 34.3. The summed E-state index contributed by atoms with van der Waals surface area (Å²) in [6, 6.07) is 13.0. The Balaban J connectivity index is 1.54. The molecule has 8 nitrogen and oxygen atoms in total. The van der Waals surface area contributed by atoms with Gasteiger partial charge < -0.3 is 18.8 Å². The van der Waals surface area contributed by atoms with Crippen LogP contribution in [0.25, 0.3) is 11.8 Å². The molecule has 0 amide bonds. The highest BCUT2D eigenvalue weighted by Crippen LogP contribution is 2.39. The van der Waals surface area contributed by atoms with Gasteiger partial charge in [0.15, 0.2) is 16.3 Å². The van der Waals surface area contributed by atoms with Crippen molar-refractivity contribution in [1.82, 2.24) is 9.13 Å². The van der Waals surface area contributed by atoms with Crippen LogP contribution in [-0.4, -0.2) is 28.5 Å². The molecule has 0 radical (unpaired) electrons. The van der Waals surface area contributed by atoms with Crippen molar-refractivity contribution < 1.29 is 23.4 Å². The van der Waals surface area contributed by atoms with Crippen LogP contribution in [0, 0.1) is 19.7 Å². The SMILES string of the molecule is CCCC1=C(C(=O)OCC)C(c2ccc3c(c2)OCO3)n2c(s/c(=C/c3cc(C)n(-c4ccc(F)cc4)c3C)c2=O)=N1. The van der Waals surface area contributed by atoms with Crippen LogP contribution in [0.4, 0.5) is 4.39 Å². The van der Waals surface area contributed by atoms with E-state index in [1.165, 1.54) is 23.5 Å². The predicted octanol–water partition coefficient (Wildman–Crippen LogP) is 4.85. The molecule has 1 unspecified atom stereocenters. The molecule has 10 heteroatoms. The number of esters is 1. The lowest BCUT2D eigenvalue weighted by Gasteiger charge is -2.25. The second kappa shape index (κ2) is 11.1. The van der Waals surface area contributed by atoms with Crippen molar-refractivity contribution in [1.29, 1.82) is 0 Å². The van der Waals surface area contributed by atoms with Crippen LogP contribution >= 0.6 is 11.3 Å². The normalized spacial score (nSPS) is 16.0. The quantitative estimate of drug-likeness (QED) is 0.289. The topological polar surface area (TPSA) is 84.0 Å². The number of rotatable bonds is 7. The molecule has 0 saturated heterocycles. The molecule has 0 spiro atoms. The molecular formula is C32H30FN3O5S. The number of carbonyl (C=O) groups is 1. The smallest absolute Gasteiger partial charge is 0.338 e. The van der Waals surface area contributed by atoms with Gasteiger partial charge in [0.25, 0.3) is 5.56 Å². The van der Waals surface area contributed by atoms with Crippen molar-refractivity contribution in [3.8, 4) is 17.2 Å². The second-order valence-corrected chi connectivity index (χ2v) is 11.2. The van der Waals surface area contributed by atoms with E-state index in [-0.39, 0.29) is 24.8 Å². The van der Waals surface area contributed by atoms with E-state index in [9.17, 15) is 14.0 Å². The van der Waals surface area contributed by atoms with Gasteiger partial charge in [-0.2, -0.15) is 0 Å². The van der Waals surface area contributed by atoms with Gasteiger partial charge in [-0.1, -0.05) is 30.7 Å². The largest absolute Gasteiger partial charge is 0.463 e. The van der Waals surface area contributed by atoms with Gasteiger partial charge in [0.05, 0.1) is 28.5 Å². The lowest BCUT2D eigenvalue weighted by molar-refractivity contribution is -0.139. The average molecular weight is 588 g/mol. The van der Waals surface area contributed by atoms with Crippen LogP contribution in [0.3, 0.4) is 0 Å². The number of allylic oxidation sites excluding steroid dienone is 1. The van der Waals surface area contributed by atoms with E-state index in [4.69, 9.17) is 19.2 Å². The number of hydrogen-bond acceptors (Lipinski definition) is 7. The fourth-order valence-corrected chi connectivity index (χ4v) is 6.59. The van der Waals surface area contributed by atoms with E-state index < -0.39 is 12.0 Å². The molecule has 2 aliphatic heterocycles. The zero-order valence-electron chi connectivity index (χ0n) is 23.8. The maximum Gasteiger partial charge on any atom is 0.338 e. The minimum Gasteiger partial charge on any atom is -0.463 e. The van der Waals surface area contributed by atoms with Crippen LogP contribution in [-0.2, 0) is 9.53 Å². The molecule has 42 heavy (non-hydrogen) atoms. The zero-order valence-corrected chi connectivity index (χ0v) is 24.6. The number of nitrogens with zero attached hydrogens (tertiary/aromatic N) is 3. The predicted molar refractivity (Wildman–Crippen MR) is 157 cm³/mol. The second-order valence-electron chi connectivity index (χ2n) is 10.2. The molecule has 2 aromatic carbocycles. The Morgan fingerprint density at radius 2 is 1.88 bits per heavy atom. The van der Waals surface area contributed by atoms with Crippen LogP contribution in [0.2, 0.25) is 0 Å². The molecule has 216 valence electrons. The Morgan fingerprint density at radius 3 is 2.62 bits per heavy atom. The minimum absolute atomic E-state index is 0.111. The number of carbonyl (C=O) groups excluding carboxylic acids is 1. The Hall–Kier alpha value is -4.44. The Labute approximate surface area is 245 Å². The number of fused-ring (bicyclic) bond motifs is 2. The van der Waals surface area contributed by atoms with Gasteiger partial charge in [-0.15, -0.1) is 0 Å². The Kier molecular flexibility index (Phi) is 7.32. The summed E-state index contributed by atoms with van der Waals surface area (Å²) in [6.07, 6.45) is 3.18. The van der Waals surface area contributed by atoms with Crippen molar-refractivity contribution in [3.05, 3.63) is 108 Å². The first kappa shape index (κ1) is 27.7. The molecule has 4 aromatic rings. The van der Waals surface area contributed by atoms with E-state index in [0.29, 0.717) is 44.1 Å². The minimum atomic E-state index is -0.745. The first-order chi connectivity index (χ1) is 20.3. The molecule has 0 saturated carbocycles. The standard InChI is InChI=1S/C32H30FN3O5S/c1-5-7-24-28(31(38)39-6-2)29(20-8-13-25-26(15-20)41-17-40-25)36-30(37)27(42-32(36)34-24)16-21-14-18(3)35(19(21)4)23-11-9-22(33)10-12-23/h8-16,29H,5-7,17H2,1-4H3/b27-16+. The molecule has 0 N–H and O–H groups in total. The summed E-state index contributed by atoms with van der Waals surface area (Å²) in [5.41, 5.74) is 4.96. The van der Waals surface area contributed by atoms with Gasteiger partial charge in [-0.05, 0) is 86.9 Å². The fraction of sp³-hybridized carbons (Fsp3) is 0.281. The van der Waals surface area contributed by atoms with Gasteiger partial charge in [-0.3, -0.25) is 9.36 Å². The third kappa shape index (κ3) is 4.75. The molecule has 0 aliphatic carbocycles. The van der Waals surface area contributed by atoms with Crippen LogP contribution in [0.5, 0.6) is 11.5 Å². The summed E-state index contributed by atoms with van der Waals surface area (Å²) in [5, 5.41) is 0. The number of aromatic nitrogens is 2. The maximum atomic E-state index is 14.1. The van der Waals surface area contributed by atoms with Crippen molar-refractivity contribution in [2.75, 3.05) is 13.4 Å². The molecule has 0 fully saturated rings. The highest BCUT2D eigenvalue weighted by atomic mass is 32.1. The summed E-state index contributed by atoms with van der Waals surface area (Å²) in [7, 11) is 0. The van der Waals surface area contributed by atoms with Gasteiger partial charge >= 0.3 is 5.97 Å². The van der Waals surface area contributed by atoms with Crippen molar-refractivity contribution >= 4 is 23.4 Å². The first-order valence-corrected chi connectivity index (χ1v) is 14.7. The van der Waals surface area contributed by atoms with E-state index in [2.05, 4.69) is 0 Å². The zero-order chi connectivity index (χ0) is 29.5. The number of thiazole rings is 1. The van der Waals surface area contributed by atoms with E-state index in [1.54, 1.807) is 29.7 Å². The van der Waals surface area contributed by atoms with Gasteiger partial charge in [-0.25, -0.2) is 14.2 Å². The lowest BCUT2D eigenvalue weighted by Crippen LogP contribution is -2.40. The summed E-state index contributed by atoms with van der Waals surface area (Å²) in [6.45, 7) is 8.02. The van der Waals surface area contributed by atoms with Gasteiger partial charge in [0.2, 0.25) is 6.79 Å². The maximum absolute atomic E-state index is 14.1. The molecule has 2 aromatic heterocycles. The van der Waals surface area contributed by atoms with Crippen molar-refractivity contribution in [2.45, 2.75) is 46.6 Å². The molecule has 2 aliphatic rings. The van der Waals surface area contributed by atoms with Crippen LogP contribution in [0.15, 0.2) is 69.6 Å². The lowest BCUT2D eigenvalue weighted by atomic mass is 9.94. The molecular weight excluding hydrogens is 557 g/mol. The Bertz CT molecular complexity index is 1920. The monoisotopic (exact) mass is 587 g/mol. The van der Waals surface area contributed by atoms with Crippen molar-refractivity contribution in [2.24, 2.45) is 4.99 Å². The first-order valence-electron chi connectivity index (χ1n) is 13.9. The van der Waals surface area contributed by atoms with Gasteiger partial charge in [0.1, 0.15) is 5.82 Å². The van der Waals surface area contributed by atoms with E-state index >= 15 is 0 Å². The Morgan fingerprint density at radius 1 is 1.12 bits per heavy atom. The summed E-state index contributed by atoms with van der Waals surface area (Å²) in [5.74, 6) is 0.368. The number of aryl methyl sites for hydroxylation is 1. The third-order valence-electron chi connectivity index (χ3n) is 7.45. The number of benzene rings is 2. The highest BCUT2D eigenvalue weighted by molar-refractivity contribution is 7.07. The van der Waals surface area contributed by atoms with Crippen LogP contribution in [0.1, 0.15) is 55.2 Å². The molecule has 4 heterocycles. The number of halogens is 1. The summed E-state index contributed by atoms with van der Waals surface area (Å²) >= 11 is 1.29. The van der Waals surface area contributed by atoms with E-state index in [0.717, 1.165) is 29.1 Å². The third-order valence-corrected chi connectivity index (χ3v) is 8.43. The van der Waals surface area contributed by atoms with Crippen LogP contribution < -0.4 is 24.4 Å². The van der Waals surface area contributed by atoms with Gasteiger partial charge in [0, 0.05) is 17.1 Å². The molecule has 6 rings (SSSR count). The fourth-order valence-electron chi connectivity index (χ4n) is 5.58. The number of hydrogen-bond donors (Lipinski definition) is 0. The highest BCUT2D eigenvalue weighted by Gasteiger charge is 2.35. The van der Waals surface area contributed by atoms with E-state index in [1.807, 2.05) is 49.6 Å². The molecule has 1 atom stereocenters.